The van der Waals surface area contributed by atoms with E-state index in [4.69, 9.17) is 0 Å². The van der Waals surface area contributed by atoms with Gasteiger partial charge in [0, 0.05) is 52.7 Å². The number of alkyl halides is 3. The topological polar surface area (TPSA) is 62.5 Å². The van der Waals surface area contributed by atoms with Gasteiger partial charge >= 0.3 is 6.18 Å². The van der Waals surface area contributed by atoms with Crippen LogP contribution in [0.1, 0.15) is 60.4 Å². The molecule has 43 heavy (non-hydrogen) atoms. The Hall–Kier alpha value is -4.68. The molecule has 226 valence electrons. The number of benzene rings is 2. The van der Waals surface area contributed by atoms with Gasteiger partial charge in [-0.3, -0.25) is 9.79 Å². The molecule has 0 saturated carbocycles. The van der Waals surface area contributed by atoms with Crippen LogP contribution in [0.5, 0.6) is 0 Å². The average Bonchev–Trinajstić information content (AvgIpc) is 3.42. The molecule has 1 heterocycles. The second kappa shape index (κ2) is 16.1. The van der Waals surface area contributed by atoms with Crippen LogP contribution in [0.15, 0.2) is 90.5 Å². The molecule has 0 unspecified atom stereocenters. The summed E-state index contributed by atoms with van der Waals surface area (Å²) in [5, 5.41) is 2.61. The van der Waals surface area contributed by atoms with Crippen LogP contribution in [-0.2, 0) is 12.7 Å². The summed E-state index contributed by atoms with van der Waals surface area (Å²) in [5.41, 5.74) is 3.29. The number of carbonyl (C=O) groups excluding carboxylic acids is 1. The van der Waals surface area contributed by atoms with Gasteiger partial charge in [0.15, 0.2) is 0 Å². The first kappa shape index (κ1) is 34.5. The summed E-state index contributed by atoms with van der Waals surface area (Å²) in [6.07, 6.45) is 5.42. The Labute approximate surface area is 252 Å². The second-order valence-corrected chi connectivity index (χ2v) is 9.69. The van der Waals surface area contributed by atoms with Crippen molar-refractivity contribution in [3.63, 3.8) is 0 Å². The summed E-state index contributed by atoms with van der Waals surface area (Å²) in [5.74, 6) is 5.51. The zero-order chi connectivity index (χ0) is 32.2. The Morgan fingerprint density at radius 3 is 2.53 bits per heavy atom. The molecule has 0 radical (unpaired) electrons. The summed E-state index contributed by atoms with van der Waals surface area (Å²) >= 11 is 0. The van der Waals surface area contributed by atoms with Gasteiger partial charge in [-0.2, -0.15) is 13.2 Å². The first-order chi connectivity index (χ1) is 20.3. The average molecular weight is 590 g/mol. The minimum Gasteiger partial charge on any atom is -0.322 e. The number of allylic oxidation sites excluding steroid dienone is 4. The molecule has 0 aliphatic rings. The van der Waals surface area contributed by atoms with Crippen LogP contribution in [0.25, 0.3) is 5.69 Å². The molecule has 0 fully saturated rings. The SMILES string of the molecule is C=C\C=C/C(C)=N/C=C(\C)C#Cc1cc(C(=O)Nc2cc(-n3cnc(CN(C)C)c3)cc(C(F)(F)F)c2)ccc1C.CC. The van der Waals surface area contributed by atoms with Gasteiger partial charge in [0.05, 0.1) is 17.6 Å². The predicted molar refractivity (Wildman–Crippen MR) is 170 cm³/mol. The monoisotopic (exact) mass is 589 g/mol. The minimum atomic E-state index is -4.61. The lowest BCUT2D eigenvalue weighted by molar-refractivity contribution is -0.137. The van der Waals surface area contributed by atoms with Gasteiger partial charge < -0.3 is 14.8 Å². The van der Waals surface area contributed by atoms with E-state index in [1.807, 2.05) is 59.7 Å². The van der Waals surface area contributed by atoms with Crippen molar-refractivity contribution in [3.05, 3.63) is 113 Å². The second-order valence-electron chi connectivity index (χ2n) is 9.69. The number of rotatable bonds is 8. The van der Waals surface area contributed by atoms with E-state index in [0.717, 1.165) is 29.0 Å². The number of anilines is 1. The lowest BCUT2D eigenvalue weighted by Gasteiger charge is -2.14. The van der Waals surface area contributed by atoms with Gasteiger partial charge in [0.1, 0.15) is 0 Å². The van der Waals surface area contributed by atoms with E-state index in [9.17, 15) is 18.0 Å². The first-order valence-electron chi connectivity index (χ1n) is 13.7. The summed E-state index contributed by atoms with van der Waals surface area (Å²) in [6.45, 7) is 13.7. The molecular formula is C34H38F3N5O. The van der Waals surface area contributed by atoms with Crippen molar-refractivity contribution >= 4 is 17.3 Å². The van der Waals surface area contributed by atoms with E-state index in [0.29, 0.717) is 17.8 Å². The Morgan fingerprint density at radius 1 is 1.16 bits per heavy atom. The van der Waals surface area contributed by atoms with Gasteiger partial charge in [-0.25, -0.2) is 4.98 Å². The third-order valence-corrected chi connectivity index (χ3v) is 5.74. The molecule has 0 aliphatic carbocycles. The maximum Gasteiger partial charge on any atom is 0.416 e. The Bertz CT molecular complexity index is 1580. The molecule has 9 heteroatoms. The van der Waals surface area contributed by atoms with Crippen LogP contribution in [-0.4, -0.2) is 40.2 Å². The fraction of sp³-hybridized carbons (Fsp3) is 0.265. The number of aryl methyl sites for hydroxylation is 1. The zero-order valence-corrected chi connectivity index (χ0v) is 25.7. The van der Waals surface area contributed by atoms with Gasteiger partial charge in [-0.1, -0.05) is 50.5 Å². The van der Waals surface area contributed by atoms with E-state index in [1.54, 1.807) is 42.7 Å². The highest BCUT2D eigenvalue weighted by molar-refractivity contribution is 6.04. The highest BCUT2D eigenvalue weighted by atomic mass is 19.4. The number of aliphatic imine (C=N–C) groups is 1. The van der Waals surface area contributed by atoms with Crippen LogP contribution in [0.3, 0.4) is 0 Å². The van der Waals surface area contributed by atoms with E-state index in [1.165, 1.54) is 17.0 Å². The van der Waals surface area contributed by atoms with Crippen molar-refractivity contribution < 1.29 is 18.0 Å². The van der Waals surface area contributed by atoms with Crippen LogP contribution < -0.4 is 5.32 Å². The fourth-order valence-electron chi connectivity index (χ4n) is 3.65. The highest BCUT2D eigenvalue weighted by Crippen LogP contribution is 2.33. The Balaban J connectivity index is 0.00000316. The Kier molecular flexibility index (Phi) is 12.9. The van der Waals surface area contributed by atoms with E-state index >= 15 is 0 Å². The fourth-order valence-corrected chi connectivity index (χ4v) is 3.65. The molecule has 1 amide bonds. The number of nitrogens with one attached hydrogen (secondary N) is 1. The number of hydrogen-bond donors (Lipinski definition) is 1. The quantitative estimate of drug-likeness (QED) is 0.165. The third-order valence-electron chi connectivity index (χ3n) is 5.74. The third kappa shape index (κ3) is 10.9. The number of halogens is 3. The van der Waals surface area contributed by atoms with Gasteiger partial charge in [-0.05, 0) is 76.8 Å². The van der Waals surface area contributed by atoms with Crippen LogP contribution in [0.2, 0.25) is 0 Å². The summed E-state index contributed by atoms with van der Waals surface area (Å²) < 4.78 is 42.7. The van der Waals surface area contributed by atoms with Crippen molar-refractivity contribution in [2.24, 2.45) is 4.99 Å². The van der Waals surface area contributed by atoms with E-state index in [-0.39, 0.29) is 16.9 Å². The molecule has 1 N–H and O–H groups in total. The molecule has 1 aromatic heterocycles. The predicted octanol–water partition coefficient (Wildman–Crippen LogP) is 8.00. The highest BCUT2D eigenvalue weighted by Gasteiger charge is 2.31. The number of nitrogens with zero attached hydrogens (tertiary/aromatic N) is 4. The number of imidazole rings is 1. The molecule has 3 aromatic rings. The molecular weight excluding hydrogens is 551 g/mol. The van der Waals surface area contributed by atoms with Gasteiger partial charge in [0.2, 0.25) is 0 Å². The summed E-state index contributed by atoms with van der Waals surface area (Å²) in [7, 11) is 3.74. The number of aromatic nitrogens is 2. The van der Waals surface area contributed by atoms with Crippen LogP contribution >= 0.6 is 0 Å². The molecule has 0 bridgehead atoms. The normalized spacial score (nSPS) is 12.0. The largest absolute Gasteiger partial charge is 0.416 e. The number of carbonyl (C=O) groups is 1. The van der Waals surface area contributed by atoms with Crippen molar-refractivity contribution in [1.29, 1.82) is 0 Å². The van der Waals surface area contributed by atoms with Crippen LogP contribution in [0.4, 0.5) is 18.9 Å². The molecule has 3 rings (SSSR count). The summed E-state index contributed by atoms with van der Waals surface area (Å²) in [4.78, 5) is 23.6. The van der Waals surface area contributed by atoms with Crippen molar-refractivity contribution in [2.75, 3.05) is 19.4 Å². The maximum absolute atomic E-state index is 13.7. The first-order valence-corrected chi connectivity index (χ1v) is 13.7. The molecule has 2 aromatic carbocycles. The molecule has 0 spiro atoms. The minimum absolute atomic E-state index is 0.00778. The van der Waals surface area contributed by atoms with Crippen molar-refractivity contribution in [3.8, 4) is 17.5 Å². The number of hydrogen-bond acceptors (Lipinski definition) is 4. The lowest BCUT2D eigenvalue weighted by Crippen LogP contribution is -2.14. The van der Waals surface area contributed by atoms with E-state index in [2.05, 4.69) is 33.7 Å². The van der Waals surface area contributed by atoms with E-state index < -0.39 is 17.6 Å². The molecule has 6 nitrogen and oxygen atoms in total. The van der Waals surface area contributed by atoms with Crippen LogP contribution in [0, 0.1) is 18.8 Å². The van der Waals surface area contributed by atoms with Crippen molar-refractivity contribution in [1.82, 2.24) is 14.5 Å². The maximum atomic E-state index is 13.7. The smallest absolute Gasteiger partial charge is 0.322 e. The van der Waals surface area contributed by atoms with Gasteiger partial charge in [-0.15, -0.1) is 0 Å². The number of amides is 1. The standard InChI is InChI=1S/C32H32F3N5O.C2H6/c1-7-8-9-24(4)36-18-22(2)10-12-25-14-26(13-11-23(25)3)31(41)38-28-15-27(32(33,34)35)16-30(17-28)40-20-29(37-21-40)19-39(5)6;1-2/h7-9,11,13-18,20-21H,1,19H2,2-6H3,(H,38,41);1-2H3/b9-8-,22-18+,36-24+;. The molecule has 0 saturated heterocycles. The lowest BCUT2D eigenvalue weighted by atomic mass is 10.0. The summed E-state index contributed by atoms with van der Waals surface area (Å²) in [6, 6.07) is 8.38. The van der Waals surface area contributed by atoms with Crippen molar-refractivity contribution in [2.45, 2.75) is 47.3 Å². The molecule has 0 aliphatic heterocycles. The van der Waals surface area contributed by atoms with Gasteiger partial charge in [0.25, 0.3) is 5.91 Å². The Morgan fingerprint density at radius 2 is 1.88 bits per heavy atom. The molecule has 0 atom stereocenters. The zero-order valence-electron chi connectivity index (χ0n) is 25.7.